The number of rotatable bonds is 3. The van der Waals surface area contributed by atoms with Crippen molar-refractivity contribution in [2.75, 3.05) is 18.0 Å². The summed E-state index contributed by atoms with van der Waals surface area (Å²) in [6.07, 6.45) is 8.26. The molecule has 26 heavy (non-hydrogen) atoms. The van der Waals surface area contributed by atoms with E-state index in [0.717, 1.165) is 31.7 Å². The summed E-state index contributed by atoms with van der Waals surface area (Å²) in [5.41, 5.74) is 0.833. The van der Waals surface area contributed by atoms with Crippen molar-refractivity contribution in [3.8, 4) is 0 Å². The number of hydrogen-bond donors (Lipinski definition) is 2. The molecule has 0 atom stereocenters. The Morgan fingerprint density at radius 3 is 2.85 bits per heavy atom. The number of aromatic nitrogens is 4. The number of carbonyl (C=O) groups excluding carboxylic acids is 1. The topological polar surface area (TPSA) is 95.9 Å². The molecule has 1 amide bonds. The summed E-state index contributed by atoms with van der Waals surface area (Å²) in [5.74, 6) is 0.766. The van der Waals surface area contributed by atoms with Gasteiger partial charge in [-0.25, -0.2) is 9.97 Å². The third-order valence-corrected chi connectivity index (χ3v) is 4.86. The molecule has 0 bridgehead atoms. The Hall–Kier alpha value is -3.16. The highest BCUT2D eigenvalue weighted by Gasteiger charge is 2.23. The van der Waals surface area contributed by atoms with E-state index in [9.17, 15) is 9.59 Å². The maximum absolute atomic E-state index is 12.8. The molecule has 3 aromatic heterocycles. The van der Waals surface area contributed by atoms with Gasteiger partial charge in [-0.05, 0) is 25.0 Å². The molecule has 134 valence electrons. The lowest BCUT2D eigenvalue weighted by Crippen LogP contribution is -2.45. The Labute approximate surface area is 149 Å². The molecule has 0 spiro atoms. The highest BCUT2D eigenvalue weighted by Crippen LogP contribution is 2.18. The molecular formula is C18H20N6O2. The summed E-state index contributed by atoms with van der Waals surface area (Å²) in [7, 11) is 1.65. The van der Waals surface area contributed by atoms with Crippen LogP contribution in [0.1, 0.15) is 23.2 Å². The SMILES string of the molecule is Cn1cc(C(=O)NC2CCN(c3ccncn3)CC2)c2cc[nH]c2c1=O. The quantitative estimate of drug-likeness (QED) is 0.735. The van der Waals surface area contributed by atoms with Gasteiger partial charge >= 0.3 is 0 Å². The Morgan fingerprint density at radius 1 is 1.31 bits per heavy atom. The third kappa shape index (κ3) is 2.94. The van der Waals surface area contributed by atoms with Gasteiger partial charge in [0.1, 0.15) is 17.7 Å². The molecule has 4 rings (SSSR count). The van der Waals surface area contributed by atoms with Crippen LogP contribution in [0.5, 0.6) is 0 Å². The lowest BCUT2D eigenvalue weighted by atomic mass is 10.0. The number of piperidine rings is 1. The van der Waals surface area contributed by atoms with E-state index >= 15 is 0 Å². The predicted octanol–water partition coefficient (Wildman–Crippen LogP) is 1.06. The molecule has 3 aromatic rings. The molecule has 0 radical (unpaired) electrons. The van der Waals surface area contributed by atoms with E-state index < -0.39 is 0 Å². The third-order valence-electron chi connectivity index (χ3n) is 4.86. The van der Waals surface area contributed by atoms with Crippen LogP contribution in [0.25, 0.3) is 10.9 Å². The number of anilines is 1. The van der Waals surface area contributed by atoms with Crippen molar-refractivity contribution in [2.24, 2.45) is 7.05 Å². The number of nitrogens with zero attached hydrogens (tertiary/aromatic N) is 4. The van der Waals surface area contributed by atoms with E-state index in [4.69, 9.17) is 0 Å². The lowest BCUT2D eigenvalue weighted by molar-refractivity contribution is 0.0932. The first-order chi connectivity index (χ1) is 12.6. The van der Waals surface area contributed by atoms with Gasteiger partial charge in [-0.3, -0.25) is 9.59 Å². The van der Waals surface area contributed by atoms with Crippen LogP contribution in [-0.2, 0) is 7.05 Å². The summed E-state index contributed by atoms with van der Waals surface area (Å²) in [6, 6.07) is 3.77. The van der Waals surface area contributed by atoms with Crippen LogP contribution in [0, 0.1) is 0 Å². The average molecular weight is 352 g/mol. The molecule has 1 aliphatic rings. The molecule has 0 aromatic carbocycles. The number of hydrogen-bond acceptors (Lipinski definition) is 5. The van der Waals surface area contributed by atoms with Crippen molar-refractivity contribution in [1.29, 1.82) is 0 Å². The lowest BCUT2D eigenvalue weighted by Gasteiger charge is -2.33. The van der Waals surface area contributed by atoms with Crippen LogP contribution < -0.4 is 15.8 Å². The zero-order valence-electron chi connectivity index (χ0n) is 14.5. The number of amides is 1. The van der Waals surface area contributed by atoms with Crippen molar-refractivity contribution in [3.63, 3.8) is 0 Å². The number of aromatic amines is 1. The summed E-state index contributed by atoms with van der Waals surface area (Å²) in [5, 5.41) is 3.76. The van der Waals surface area contributed by atoms with Gasteiger partial charge in [0.15, 0.2) is 0 Å². The first kappa shape index (κ1) is 16.3. The van der Waals surface area contributed by atoms with Crippen LogP contribution >= 0.6 is 0 Å². The number of aryl methyl sites for hydroxylation is 1. The summed E-state index contributed by atoms with van der Waals surface area (Å²) >= 11 is 0. The summed E-state index contributed by atoms with van der Waals surface area (Å²) < 4.78 is 1.44. The predicted molar refractivity (Wildman–Crippen MR) is 98.3 cm³/mol. The molecule has 8 heteroatoms. The van der Waals surface area contributed by atoms with E-state index in [-0.39, 0.29) is 17.5 Å². The summed E-state index contributed by atoms with van der Waals surface area (Å²) in [6.45, 7) is 1.66. The molecule has 0 saturated carbocycles. The zero-order valence-corrected chi connectivity index (χ0v) is 14.5. The van der Waals surface area contributed by atoms with Crippen LogP contribution in [0.15, 0.2) is 41.8 Å². The first-order valence-corrected chi connectivity index (χ1v) is 8.62. The molecular weight excluding hydrogens is 332 g/mol. The minimum absolute atomic E-state index is 0.104. The van der Waals surface area contributed by atoms with Crippen LogP contribution in [0.3, 0.4) is 0 Å². The van der Waals surface area contributed by atoms with E-state index in [2.05, 4.69) is 25.2 Å². The Kier molecular flexibility index (Phi) is 4.16. The van der Waals surface area contributed by atoms with E-state index in [1.165, 1.54) is 4.57 Å². The normalized spacial score (nSPS) is 15.3. The number of carbonyl (C=O) groups is 1. The highest BCUT2D eigenvalue weighted by molar-refractivity contribution is 6.06. The fraction of sp³-hybridized carbons (Fsp3) is 0.333. The second-order valence-electron chi connectivity index (χ2n) is 6.53. The van der Waals surface area contributed by atoms with Crippen molar-refractivity contribution in [3.05, 3.63) is 53.0 Å². The zero-order chi connectivity index (χ0) is 18.1. The van der Waals surface area contributed by atoms with Gasteiger partial charge in [0.2, 0.25) is 0 Å². The Morgan fingerprint density at radius 2 is 2.12 bits per heavy atom. The summed E-state index contributed by atoms with van der Waals surface area (Å²) in [4.78, 5) is 38.2. The molecule has 1 saturated heterocycles. The number of H-pyrrole nitrogens is 1. The molecule has 1 aliphatic heterocycles. The molecule has 8 nitrogen and oxygen atoms in total. The van der Waals surface area contributed by atoms with Gasteiger partial charge < -0.3 is 19.8 Å². The number of fused-ring (bicyclic) bond motifs is 1. The number of pyridine rings is 1. The molecule has 1 fully saturated rings. The highest BCUT2D eigenvalue weighted by atomic mass is 16.2. The molecule has 0 aliphatic carbocycles. The van der Waals surface area contributed by atoms with E-state index in [1.54, 1.807) is 38.0 Å². The van der Waals surface area contributed by atoms with Crippen molar-refractivity contribution < 1.29 is 4.79 Å². The standard InChI is InChI=1S/C18H20N6O2/c1-23-10-14(13-2-7-20-16(13)18(23)26)17(25)22-12-4-8-24(9-5-12)15-3-6-19-11-21-15/h2-3,6-7,10-12,20H,4-5,8-9H2,1H3,(H,22,25). The van der Waals surface area contributed by atoms with Crippen molar-refractivity contribution in [1.82, 2.24) is 24.8 Å². The van der Waals surface area contributed by atoms with E-state index in [1.807, 2.05) is 6.07 Å². The monoisotopic (exact) mass is 352 g/mol. The fourth-order valence-electron chi connectivity index (χ4n) is 3.44. The van der Waals surface area contributed by atoms with Crippen LogP contribution in [-0.4, -0.2) is 44.6 Å². The Bertz CT molecular complexity index is 986. The average Bonchev–Trinajstić information content (AvgIpc) is 3.16. The second kappa shape index (κ2) is 6.62. The van der Waals surface area contributed by atoms with Gasteiger partial charge in [-0.2, -0.15) is 0 Å². The maximum atomic E-state index is 12.8. The number of nitrogens with one attached hydrogen (secondary N) is 2. The maximum Gasteiger partial charge on any atom is 0.274 e. The van der Waals surface area contributed by atoms with Gasteiger partial charge in [0.05, 0.1) is 5.56 Å². The van der Waals surface area contributed by atoms with Crippen LogP contribution in [0.4, 0.5) is 5.82 Å². The molecule has 4 heterocycles. The minimum Gasteiger partial charge on any atom is -0.357 e. The smallest absolute Gasteiger partial charge is 0.274 e. The first-order valence-electron chi connectivity index (χ1n) is 8.62. The molecule has 0 unspecified atom stereocenters. The largest absolute Gasteiger partial charge is 0.357 e. The second-order valence-corrected chi connectivity index (χ2v) is 6.53. The van der Waals surface area contributed by atoms with Gasteiger partial charge in [-0.15, -0.1) is 0 Å². The van der Waals surface area contributed by atoms with Crippen molar-refractivity contribution in [2.45, 2.75) is 18.9 Å². The fourth-order valence-corrected chi connectivity index (χ4v) is 3.44. The Balaban J connectivity index is 1.46. The molecule has 2 N–H and O–H groups in total. The van der Waals surface area contributed by atoms with Crippen molar-refractivity contribution >= 4 is 22.6 Å². The van der Waals surface area contributed by atoms with Gasteiger partial charge in [0.25, 0.3) is 11.5 Å². The van der Waals surface area contributed by atoms with Crippen LogP contribution in [0.2, 0.25) is 0 Å². The van der Waals surface area contributed by atoms with Gasteiger partial charge in [-0.1, -0.05) is 0 Å². The minimum atomic E-state index is -0.148. The van der Waals surface area contributed by atoms with E-state index in [0.29, 0.717) is 16.5 Å². The van der Waals surface area contributed by atoms with Gasteiger partial charge in [0, 0.05) is 50.2 Å².